The van der Waals surface area contributed by atoms with Gasteiger partial charge in [0.1, 0.15) is 0 Å². The first-order valence-electron chi connectivity index (χ1n) is 6.28. The molecule has 0 fully saturated rings. The molecule has 2 heteroatoms. The Morgan fingerprint density at radius 3 is 2.50 bits per heavy atom. The molecule has 2 aromatic heterocycles. The quantitative estimate of drug-likeness (QED) is 0.447. The van der Waals surface area contributed by atoms with Crippen molar-refractivity contribution in [1.29, 1.82) is 0 Å². The molecule has 0 saturated carbocycles. The summed E-state index contributed by atoms with van der Waals surface area (Å²) in [4.78, 5) is 0. The Morgan fingerprint density at radius 2 is 1.67 bits per heavy atom. The van der Waals surface area contributed by atoms with Crippen molar-refractivity contribution in [2.24, 2.45) is 0 Å². The van der Waals surface area contributed by atoms with Crippen LogP contribution in [0.3, 0.4) is 0 Å². The number of benzene rings is 2. The minimum absolute atomic E-state index is 1.02. The van der Waals surface area contributed by atoms with E-state index < -0.39 is 0 Å². The van der Waals surface area contributed by atoms with E-state index in [1.165, 1.54) is 31.2 Å². The molecule has 0 unspecified atom stereocenters. The SMILES string of the molecule is CCn1c2ccccc2c2sc3ccccc3c21. The predicted octanol–water partition coefficient (Wildman–Crippen LogP) is 5.03. The Bertz CT molecular complexity index is 861. The van der Waals surface area contributed by atoms with Gasteiger partial charge in [-0.3, -0.25) is 0 Å². The molecule has 1 nitrogen and oxygen atoms in total. The van der Waals surface area contributed by atoms with Gasteiger partial charge < -0.3 is 4.57 Å². The smallest absolute Gasteiger partial charge is 0.0680 e. The normalized spacial score (nSPS) is 11.8. The van der Waals surface area contributed by atoms with Gasteiger partial charge in [-0.25, -0.2) is 0 Å². The Labute approximate surface area is 109 Å². The van der Waals surface area contributed by atoms with Gasteiger partial charge in [-0.1, -0.05) is 36.4 Å². The Balaban J connectivity index is 2.36. The van der Waals surface area contributed by atoms with E-state index in [0.717, 1.165) is 6.54 Å². The molecule has 4 aromatic rings. The average molecular weight is 251 g/mol. The molecule has 18 heavy (non-hydrogen) atoms. The molecule has 88 valence electrons. The largest absolute Gasteiger partial charge is 0.340 e. The van der Waals surface area contributed by atoms with Crippen LogP contribution >= 0.6 is 11.3 Å². The summed E-state index contributed by atoms with van der Waals surface area (Å²) in [6.45, 7) is 3.24. The van der Waals surface area contributed by atoms with Crippen LogP contribution in [0.5, 0.6) is 0 Å². The standard InChI is InChI=1S/C16H13NS/c1-2-17-13-9-5-3-7-11(13)16-15(17)12-8-4-6-10-14(12)18-16/h3-10H,2H2,1H3. The highest BCUT2D eigenvalue weighted by Crippen LogP contribution is 2.40. The fourth-order valence-corrected chi connectivity index (χ4v) is 4.07. The molecular weight excluding hydrogens is 238 g/mol. The monoisotopic (exact) mass is 251 g/mol. The summed E-state index contributed by atoms with van der Waals surface area (Å²) in [7, 11) is 0. The molecule has 0 radical (unpaired) electrons. The van der Waals surface area contributed by atoms with Crippen molar-refractivity contribution in [1.82, 2.24) is 4.57 Å². The molecule has 0 aliphatic rings. The van der Waals surface area contributed by atoms with Crippen molar-refractivity contribution in [3.8, 4) is 0 Å². The minimum atomic E-state index is 1.02. The number of thiophene rings is 1. The van der Waals surface area contributed by atoms with E-state index in [1.54, 1.807) is 0 Å². The Morgan fingerprint density at radius 1 is 0.944 bits per heavy atom. The van der Waals surface area contributed by atoms with E-state index in [1.807, 2.05) is 11.3 Å². The maximum Gasteiger partial charge on any atom is 0.0680 e. The number of hydrogen-bond acceptors (Lipinski definition) is 1. The number of nitrogens with zero attached hydrogens (tertiary/aromatic N) is 1. The van der Waals surface area contributed by atoms with Crippen molar-refractivity contribution >= 4 is 42.5 Å². The molecule has 2 heterocycles. The van der Waals surface area contributed by atoms with Crippen LogP contribution in [0.15, 0.2) is 48.5 Å². The van der Waals surface area contributed by atoms with Crippen LogP contribution in [0.2, 0.25) is 0 Å². The van der Waals surface area contributed by atoms with Gasteiger partial charge in [-0.15, -0.1) is 11.3 Å². The van der Waals surface area contributed by atoms with Crippen LogP contribution in [0.25, 0.3) is 31.2 Å². The molecule has 0 bridgehead atoms. The number of aromatic nitrogens is 1. The summed E-state index contributed by atoms with van der Waals surface area (Å²) < 4.78 is 5.24. The van der Waals surface area contributed by atoms with Crippen LogP contribution in [-0.4, -0.2) is 4.57 Å². The lowest BCUT2D eigenvalue weighted by Crippen LogP contribution is -1.92. The third-order valence-corrected chi connectivity index (χ3v) is 4.79. The number of fused-ring (bicyclic) bond motifs is 5. The van der Waals surface area contributed by atoms with Crippen molar-refractivity contribution in [2.75, 3.05) is 0 Å². The number of para-hydroxylation sites is 1. The molecule has 0 saturated heterocycles. The highest BCUT2D eigenvalue weighted by atomic mass is 32.1. The second-order valence-electron chi connectivity index (χ2n) is 4.54. The summed E-state index contributed by atoms with van der Waals surface area (Å²) >= 11 is 1.91. The van der Waals surface area contributed by atoms with Crippen molar-refractivity contribution in [2.45, 2.75) is 13.5 Å². The van der Waals surface area contributed by atoms with Gasteiger partial charge in [-0.2, -0.15) is 0 Å². The third-order valence-electron chi connectivity index (χ3n) is 3.59. The van der Waals surface area contributed by atoms with Crippen LogP contribution in [0, 0.1) is 0 Å². The summed E-state index contributed by atoms with van der Waals surface area (Å²) in [6, 6.07) is 17.4. The first-order chi connectivity index (χ1) is 8.90. The molecule has 2 aromatic carbocycles. The zero-order valence-electron chi connectivity index (χ0n) is 10.2. The molecule has 0 aliphatic carbocycles. The van der Waals surface area contributed by atoms with Crippen molar-refractivity contribution in [3.63, 3.8) is 0 Å². The van der Waals surface area contributed by atoms with Gasteiger partial charge >= 0.3 is 0 Å². The topological polar surface area (TPSA) is 4.93 Å². The molecular formula is C16H13NS. The van der Waals surface area contributed by atoms with E-state index in [4.69, 9.17) is 0 Å². The van der Waals surface area contributed by atoms with Crippen LogP contribution < -0.4 is 0 Å². The van der Waals surface area contributed by atoms with Gasteiger partial charge in [0.25, 0.3) is 0 Å². The second-order valence-corrected chi connectivity index (χ2v) is 5.59. The van der Waals surface area contributed by atoms with E-state index in [9.17, 15) is 0 Å². The minimum Gasteiger partial charge on any atom is -0.340 e. The Hall–Kier alpha value is -1.80. The summed E-state index contributed by atoms with van der Waals surface area (Å²) in [5.74, 6) is 0. The number of aryl methyl sites for hydroxylation is 1. The van der Waals surface area contributed by atoms with Crippen molar-refractivity contribution < 1.29 is 0 Å². The predicted molar refractivity (Wildman–Crippen MR) is 80.5 cm³/mol. The van der Waals surface area contributed by atoms with Crippen LogP contribution in [0.1, 0.15) is 6.92 Å². The number of hydrogen-bond donors (Lipinski definition) is 0. The highest BCUT2D eigenvalue weighted by Gasteiger charge is 2.14. The molecule has 4 rings (SSSR count). The van der Waals surface area contributed by atoms with E-state index in [-0.39, 0.29) is 0 Å². The van der Waals surface area contributed by atoms with Crippen LogP contribution in [-0.2, 0) is 6.54 Å². The zero-order chi connectivity index (χ0) is 12.1. The third kappa shape index (κ3) is 1.16. The second kappa shape index (κ2) is 3.59. The fraction of sp³-hybridized carbons (Fsp3) is 0.125. The first-order valence-corrected chi connectivity index (χ1v) is 7.10. The molecule has 0 N–H and O–H groups in total. The summed E-state index contributed by atoms with van der Waals surface area (Å²) in [6.07, 6.45) is 0. The molecule has 0 amide bonds. The lowest BCUT2D eigenvalue weighted by Gasteiger charge is -2.02. The van der Waals surface area contributed by atoms with Crippen molar-refractivity contribution in [3.05, 3.63) is 48.5 Å². The lowest BCUT2D eigenvalue weighted by atomic mass is 10.2. The van der Waals surface area contributed by atoms with Crippen LogP contribution in [0.4, 0.5) is 0 Å². The van der Waals surface area contributed by atoms with E-state index in [0.29, 0.717) is 0 Å². The van der Waals surface area contributed by atoms with Gasteiger partial charge in [0.2, 0.25) is 0 Å². The van der Waals surface area contributed by atoms with Gasteiger partial charge in [-0.05, 0) is 19.1 Å². The first kappa shape index (κ1) is 10.2. The average Bonchev–Trinajstić information content (AvgIpc) is 2.93. The molecule has 0 aliphatic heterocycles. The summed E-state index contributed by atoms with van der Waals surface area (Å²) in [5, 5.41) is 2.77. The number of rotatable bonds is 1. The van der Waals surface area contributed by atoms with Gasteiger partial charge in [0, 0.05) is 27.5 Å². The fourth-order valence-electron chi connectivity index (χ4n) is 2.83. The summed E-state index contributed by atoms with van der Waals surface area (Å²) in [5.41, 5.74) is 2.76. The van der Waals surface area contributed by atoms with E-state index in [2.05, 4.69) is 60.0 Å². The maximum absolute atomic E-state index is 2.43. The van der Waals surface area contributed by atoms with Gasteiger partial charge in [0.05, 0.1) is 10.2 Å². The Kier molecular flexibility index (Phi) is 2.03. The zero-order valence-corrected chi connectivity index (χ0v) is 11.0. The van der Waals surface area contributed by atoms with Gasteiger partial charge in [0.15, 0.2) is 0 Å². The molecule has 0 spiro atoms. The highest BCUT2D eigenvalue weighted by molar-refractivity contribution is 7.26. The molecule has 0 atom stereocenters. The lowest BCUT2D eigenvalue weighted by molar-refractivity contribution is 0.830. The van der Waals surface area contributed by atoms with E-state index >= 15 is 0 Å². The maximum atomic E-state index is 2.43.